The molecule has 0 radical (unpaired) electrons. The lowest BCUT2D eigenvalue weighted by molar-refractivity contribution is 0.208. The summed E-state index contributed by atoms with van der Waals surface area (Å²) in [6, 6.07) is 1.10. The predicted molar refractivity (Wildman–Crippen MR) is 61.4 cm³/mol. The second-order valence-electron chi connectivity index (χ2n) is 3.24. The normalized spacial score (nSPS) is 11.5. The van der Waals surface area contributed by atoms with Gasteiger partial charge in [0.05, 0.1) is 13.2 Å². The summed E-state index contributed by atoms with van der Waals surface area (Å²) in [6.45, 7) is 0.564. The molecule has 0 saturated carbocycles. The molecule has 18 heavy (non-hydrogen) atoms. The Bertz CT molecular complexity index is 416. The van der Waals surface area contributed by atoms with Crippen LogP contribution in [0.1, 0.15) is 0 Å². The molecule has 1 aromatic carbocycles. The Labute approximate surface area is 102 Å². The van der Waals surface area contributed by atoms with Gasteiger partial charge in [-0.2, -0.15) is 0 Å². The van der Waals surface area contributed by atoms with Gasteiger partial charge < -0.3 is 10.1 Å². The van der Waals surface area contributed by atoms with Crippen LogP contribution in [0.25, 0.3) is 0 Å². The van der Waals surface area contributed by atoms with Crippen LogP contribution in [0.5, 0.6) is 0 Å². The van der Waals surface area contributed by atoms with Gasteiger partial charge in [-0.15, -0.1) is 0 Å². The number of anilines is 1. The molecule has 0 aliphatic heterocycles. The fourth-order valence-corrected chi connectivity index (χ4v) is 1.15. The standard InChI is InChI=1S/C10H13F3N4O/c1-18-3-2-15-10(17-14)16-9-7(12)4-6(11)5-8(9)13/h4-5H,2-3,14H2,1H3,(H2,15,16,17). The number of hydrogen-bond acceptors (Lipinski definition) is 3. The molecule has 100 valence electrons. The second-order valence-corrected chi connectivity index (χ2v) is 3.24. The number of hydrazine groups is 1. The maximum absolute atomic E-state index is 13.3. The number of halogens is 3. The summed E-state index contributed by atoms with van der Waals surface area (Å²) >= 11 is 0. The quantitative estimate of drug-likeness (QED) is 0.249. The average Bonchev–Trinajstić information content (AvgIpc) is 2.31. The van der Waals surface area contributed by atoms with Crippen molar-refractivity contribution in [2.45, 2.75) is 0 Å². The molecule has 0 unspecified atom stereocenters. The highest BCUT2D eigenvalue weighted by Gasteiger charge is 2.12. The number of aliphatic imine (C=N–C) groups is 1. The highest BCUT2D eigenvalue weighted by Crippen LogP contribution is 2.19. The van der Waals surface area contributed by atoms with Crippen molar-refractivity contribution in [2.75, 3.05) is 25.6 Å². The summed E-state index contributed by atoms with van der Waals surface area (Å²) in [7, 11) is 1.48. The van der Waals surface area contributed by atoms with Crippen molar-refractivity contribution in [3.8, 4) is 0 Å². The van der Waals surface area contributed by atoms with Crippen LogP contribution in [0.15, 0.2) is 17.1 Å². The van der Waals surface area contributed by atoms with E-state index in [4.69, 9.17) is 10.6 Å². The first-order chi connectivity index (χ1) is 8.58. The van der Waals surface area contributed by atoms with E-state index in [1.54, 1.807) is 0 Å². The van der Waals surface area contributed by atoms with Crippen LogP contribution in [0, 0.1) is 17.5 Å². The minimum absolute atomic E-state index is 0.0588. The van der Waals surface area contributed by atoms with Gasteiger partial charge in [-0.3, -0.25) is 5.43 Å². The lowest BCUT2D eigenvalue weighted by Gasteiger charge is -2.10. The number of ether oxygens (including phenoxy) is 1. The van der Waals surface area contributed by atoms with E-state index in [-0.39, 0.29) is 12.5 Å². The molecule has 4 N–H and O–H groups in total. The summed E-state index contributed by atoms with van der Waals surface area (Å²) < 4.78 is 44.0. The van der Waals surface area contributed by atoms with Crippen molar-refractivity contribution in [1.82, 2.24) is 5.43 Å². The Hall–Kier alpha value is -1.80. The number of benzene rings is 1. The number of rotatable bonds is 4. The van der Waals surface area contributed by atoms with Gasteiger partial charge in [-0.05, 0) is 0 Å². The van der Waals surface area contributed by atoms with Gasteiger partial charge in [-0.25, -0.2) is 24.0 Å². The van der Waals surface area contributed by atoms with Crippen molar-refractivity contribution in [3.63, 3.8) is 0 Å². The first-order valence-electron chi connectivity index (χ1n) is 5.00. The van der Waals surface area contributed by atoms with Crippen molar-refractivity contribution in [1.29, 1.82) is 0 Å². The molecule has 5 nitrogen and oxygen atoms in total. The van der Waals surface area contributed by atoms with Gasteiger partial charge in [-0.1, -0.05) is 0 Å². The molecule has 0 amide bonds. The van der Waals surface area contributed by atoms with E-state index in [2.05, 4.69) is 15.7 Å². The van der Waals surface area contributed by atoms with E-state index in [0.29, 0.717) is 18.7 Å². The van der Waals surface area contributed by atoms with Crippen LogP contribution in [0.3, 0.4) is 0 Å². The predicted octanol–water partition coefficient (Wildman–Crippen LogP) is 0.981. The van der Waals surface area contributed by atoms with Crippen LogP contribution < -0.4 is 16.6 Å². The van der Waals surface area contributed by atoms with Crippen molar-refractivity contribution >= 4 is 11.6 Å². The van der Waals surface area contributed by atoms with Gasteiger partial charge in [0.2, 0.25) is 5.96 Å². The fourth-order valence-electron chi connectivity index (χ4n) is 1.15. The van der Waals surface area contributed by atoms with Gasteiger partial charge in [0, 0.05) is 19.2 Å². The second kappa shape index (κ2) is 6.82. The van der Waals surface area contributed by atoms with Gasteiger partial charge >= 0.3 is 0 Å². The first-order valence-corrected chi connectivity index (χ1v) is 5.00. The minimum Gasteiger partial charge on any atom is -0.383 e. The van der Waals surface area contributed by atoms with E-state index in [9.17, 15) is 13.2 Å². The third-order valence-corrected chi connectivity index (χ3v) is 1.95. The molecule has 0 fully saturated rings. The zero-order valence-corrected chi connectivity index (χ0v) is 9.64. The number of methoxy groups -OCH3 is 1. The summed E-state index contributed by atoms with van der Waals surface area (Å²) in [6.07, 6.45) is 0. The number of guanidine groups is 1. The Morgan fingerprint density at radius 1 is 1.33 bits per heavy atom. The third kappa shape index (κ3) is 3.90. The SMILES string of the molecule is COCCN=C(NN)Nc1c(F)cc(F)cc1F. The third-order valence-electron chi connectivity index (χ3n) is 1.95. The summed E-state index contributed by atoms with van der Waals surface area (Å²) in [5.74, 6) is 1.90. The zero-order chi connectivity index (χ0) is 13.5. The molecule has 8 heteroatoms. The lowest BCUT2D eigenvalue weighted by Crippen LogP contribution is -2.37. The molecule has 0 atom stereocenters. The molecule has 0 aliphatic rings. The van der Waals surface area contributed by atoms with E-state index in [1.807, 2.05) is 0 Å². The zero-order valence-electron chi connectivity index (χ0n) is 9.64. The van der Waals surface area contributed by atoms with Crippen LogP contribution in [-0.4, -0.2) is 26.2 Å². The van der Waals surface area contributed by atoms with Gasteiger partial charge in [0.1, 0.15) is 11.5 Å². The summed E-state index contributed by atoms with van der Waals surface area (Å²) in [5, 5.41) is 2.29. The summed E-state index contributed by atoms with van der Waals surface area (Å²) in [5.41, 5.74) is 1.60. The van der Waals surface area contributed by atoms with Crippen LogP contribution >= 0.6 is 0 Å². The molecule has 0 heterocycles. The van der Waals surface area contributed by atoms with E-state index < -0.39 is 23.1 Å². The monoisotopic (exact) mass is 262 g/mol. The number of nitrogens with two attached hydrogens (primary N) is 1. The highest BCUT2D eigenvalue weighted by molar-refractivity contribution is 5.93. The molecule has 0 aromatic heterocycles. The Kier molecular flexibility index (Phi) is 5.40. The number of nitrogens with zero attached hydrogens (tertiary/aromatic N) is 1. The Balaban J connectivity index is 2.85. The first kappa shape index (κ1) is 14.3. The largest absolute Gasteiger partial charge is 0.383 e. The van der Waals surface area contributed by atoms with E-state index in [0.717, 1.165) is 0 Å². The molecule has 0 aliphatic carbocycles. The molecule has 0 saturated heterocycles. The maximum Gasteiger partial charge on any atom is 0.210 e. The Morgan fingerprint density at radius 3 is 2.44 bits per heavy atom. The van der Waals surface area contributed by atoms with Crippen LogP contribution in [0.4, 0.5) is 18.9 Å². The number of hydrogen-bond donors (Lipinski definition) is 3. The minimum atomic E-state index is -1.08. The fraction of sp³-hybridized carbons (Fsp3) is 0.300. The molecule has 1 aromatic rings. The average molecular weight is 262 g/mol. The maximum atomic E-state index is 13.3. The molecule has 0 spiro atoms. The smallest absolute Gasteiger partial charge is 0.210 e. The summed E-state index contributed by atoms with van der Waals surface area (Å²) in [4.78, 5) is 3.85. The van der Waals surface area contributed by atoms with Crippen molar-refractivity contribution in [2.24, 2.45) is 10.8 Å². The van der Waals surface area contributed by atoms with E-state index in [1.165, 1.54) is 7.11 Å². The highest BCUT2D eigenvalue weighted by atomic mass is 19.1. The molecule has 0 bridgehead atoms. The van der Waals surface area contributed by atoms with Crippen LogP contribution in [-0.2, 0) is 4.74 Å². The van der Waals surface area contributed by atoms with Crippen molar-refractivity contribution < 1.29 is 17.9 Å². The molecule has 1 rings (SSSR count). The van der Waals surface area contributed by atoms with Crippen molar-refractivity contribution in [3.05, 3.63) is 29.6 Å². The molecular weight excluding hydrogens is 249 g/mol. The van der Waals surface area contributed by atoms with Crippen LogP contribution in [0.2, 0.25) is 0 Å². The van der Waals surface area contributed by atoms with Gasteiger partial charge in [0.15, 0.2) is 11.6 Å². The topological polar surface area (TPSA) is 71.7 Å². The lowest BCUT2D eigenvalue weighted by atomic mass is 10.3. The number of nitrogens with one attached hydrogen (secondary N) is 2. The molecular formula is C10H13F3N4O. The Morgan fingerprint density at radius 2 is 1.94 bits per heavy atom. The van der Waals surface area contributed by atoms with Gasteiger partial charge in [0.25, 0.3) is 0 Å². The van der Waals surface area contributed by atoms with E-state index >= 15 is 0 Å².